The van der Waals surface area contributed by atoms with Crippen LogP contribution in [0.5, 0.6) is 0 Å². The van der Waals surface area contributed by atoms with E-state index in [-0.39, 0.29) is 29.2 Å². The number of aromatic nitrogens is 4. The maximum Gasteiger partial charge on any atom is 0.261 e. The lowest BCUT2D eigenvalue weighted by atomic mass is 10.2. The molecule has 1 fully saturated rings. The van der Waals surface area contributed by atoms with Crippen LogP contribution in [0.3, 0.4) is 0 Å². The van der Waals surface area contributed by atoms with Crippen molar-refractivity contribution in [2.45, 2.75) is 50.7 Å². The Labute approximate surface area is 215 Å². The lowest BCUT2D eigenvalue weighted by Crippen LogP contribution is -2.67. The molecule has 3 heterocycles. The largest absolute Gasteiger partial charge is 0.405 e. The SMILES string of the molecule is CC(C)(C)[Si](OC[C@@H]1C[C@H](F)[C@H](n2cnc3c(N)nc(Cl)nc32)O1)(c1ccccc1)c1ccccc1. The summed E-state index contributed by atoms with van der Waals surface area (Å²) < 4.78 is 30.0. The van der Waals surface area contributed by atoms with Gasteiger partial charge in [0.25, 0.3) is 8.32 Å². The smallest absolute Gasteiger partial charge is 0.261 e. The number of hydrogen-bond donors (Lipinski definition) is 1. The number of nitrogens with zero attached hydrogens (tertiary/aromatic N) is 4. The molecule has 0 bridgehead atoms. The van der Waals surface area contributed by atoms with Crippen molar-refractivity contribution in [2.24, 2.45) is 0 Å². The third kappa shape index (κ3) is 4.30. The van der Waals surface area contributed by atoms with Gasteiger partial charge in [-0.2, -0.15) is 9.97 Å². The van der Waals surface area contributed by atoms with E-state index >= 15 is 4.39 Å². The average molecular weight is 526 g/mol. The number of benzene rings is 2. The highest BCUT2D eigenvalue weighted by molar-refractivity contribution is 6.99. The first-order chi connectivity index (χ1) is 17.2. The Morgan fingerprint density at radius 3 is 2.28 bits per heavy atom. The molecule has 188 valence electrons. The molecule has 0 saturated carbocycles. The molecule has 0 spiro atoms. The third-order valence-electron chi connectivity index (χ3n) is 6.73. The minimum Gasteiger partial charge on any atom is -0.405 e. The molecule has 0 radical (unpaired) electrons. The van der Waals surface area contributed by atoms with Gasteiger partial charge in [-0.05, 0) is 27.0 Å². The topological polar surface area (TPSA) is 88.1 Å². The summed E-state index contributed by atoms with van der Waals surface area (Å²) in [5, 5.41) is 2.12. The zero-order valence-electron chi connectivity index (χ0n) is 20.4. The molecule has 4 aromatic rings. The van der Waals surface area contributed by atoms with E-state index in [0.29, 0.717) is 11.2 Å². The molecular formula is C26H29ClFN5O2Si. The van der Waals surface area contributed by atoms with Crippen LogP contribution < -0.4 is 16.1 Å². The first-order valence-electron chi connectivity index (χ1n) is 11.9. The van der Waals surface area contributed by atoms with Crippen LogP contribution >= 0.6 is 11.6 Å². The first kappa shape index (κ1) is 24.8. The summed E-state index contributed by atoms with van der Waals surface area (Å²) >= 11 is 5.99. The maximum atomic E-state index is 15.3. The zero-order valence-corrected chi connectivity index (χ0v) is 22.2. The van der Waals surface area contributed by atoms with E-state index in [1.54, 1.807) is 0 Å². The number of ether oxygens (including phenoxy) is 1. The van der Waals surface area contributed by atoms with Crippen molar-refractivity contribution in [3.8, 4) is 0 Å². The van der Waals surface area contributed by atoms with Crippen LogP contribution in [0.1, 0.15) is 33.4 Å². The van der Waals surface area contributed by atoms with E-state index in [1.165, 1.54) is 10.9 Å². The molecule has 1 aliphatic heterocycles. The average Bonchev–Trinajstić information content (AvgIpc) is 3.43. The first-order valence-corrected chi connectivity index (χ1v) is 14.2. The minimum absolute atomic E-state index is 0.0262. The molecule has 0 unspecified atom stereocenters. The maximum absolute atomic E-state index is 15.3. The van der Waals surface area contributed by atoms with Crippen molar-refractivity contribution in [1.29, 1.82) is 0 Å². The quantitative estimate of drug-likeness (QED) is 0.299. The second-order valence-electron chi connectivity index (χ2n) is 10.1. The van der Waals surface area contributed by atoms with Crippen molar-refractivity contribution in [3.63, 3.8) is 0 Å². The molecule has 0 amide bonds. The van der Waals surface area contributed by atoms with Crippen molar-refractivity contribution in [1.82, 2.24) is 19.5 Å². The molecule has 1 aliphatic rings. The molecule has 2 aromatic carbocycles. The van der Waals surface area contributed by atoms with Gasteiger partial charge in [-0.1, -0.05) is 81.4 Å². The Balaban J connectivity index is 1.45. The van der Waals surface area contributed by atoms with Gasteiger partial charge < -0.3 is 14.9 Å². The molecule has 7 nitrogen and oxygen atoms in total. The Hall–Kier alpha value is -2.85. The lowest BCUT2D eigenvalue weighted by Gasteiger charge is -2.43. The van der Waals surface area contributed by atoms with Crippen molar-refractivity contribution in [2.75, 3.05) is 12.3 Å². The Bertz CT molecular complexity index is 1310. The zero-order chi connectivity index (χ0) is 25.5. The van der Waals surface area contributed by atoms with Crippen LogP contribution in [-0.4, -0.2) is 46.7 Å². The lowest BCUT2D eigenvalue weighted by molar-refractivity contribution is -0.0326. The van der Waals surface area contributed by atoms with E-state index < -0.39 is 26.8 Å². The number of rotatable bonds is 6. The van der Waals surface area contributed by atoms with Crippen LogP contribution in [0.25, 0.3) is 11.2 Å². The molecule has 2 aromatic heterocycles. The monoisotopic (exact) mass is 525 g/mol. The number of fused-ring (bicyclic) bond motifs is 1. The van der Waals surface area contributed by atoms with E-state index in [1.807, 2.05) is 36.4 Å². The van der Waals surface area contributed by atoms with Gasteiger partial charge in [0, 0.05) is 6.42 Å². The highest BCUT2D eigenvalue weighted by Crippen LogP contribution is 2.39. The second kappa shape index (κ2) is 9.55. The number of imidazole rings is 1. The summed E-state index contributed by atoms with van der Waals surface area (Å²) in [4.78, 5) is 12.4. The van der Waals surface area contributed by atoms with Gasteiger partial charge >= 0.3 is 0 Å². The van der Waals surface area contributed by atoms with Crippen molar-refractivity contribution in [3.05, 3.63) is 72.3 Å². The number of halogens is 2. The summed E-state index contributed by atoms with van der Waals surface area (Å²) in [5.41, 5.74) is 6.62. The molecule has 2 N–H and O–H groups in total. The van der Waals surface area contributed by atoms with E-state index in [9.17, 15) is 0 Å². The molecule has 3 atom stereocenters. The molecule has 0 aliphatic carbocycles. The predicted molar refractivity (Wildman–Crippen MR) is 142 cm³/mol. The minimum atomic E-state index is -2.76. The molecule has 5 rings (SSSR count). The Morgan fingerprint density at radius 1 is 1.08 bits per heavy atom. The van der Waals surface area contributed by atoms with Crippen LogP contribution in [0, 0.1) is 0 Å². The number of alkyl halides is 1. The van der Waals surface area contributed by atoms with Gasteiger partial charge in [0.1, 0.15) is 11.7 Å². The molecule has 10 heteroatoms. The third-order valence-corrected chi connectivity index (χ3v) is 11.9. The molecule has 36 heavy (non-hydrogen) atoms. The van der Waals surface area contributed by atoms with Crippen molar-refractivity contribution >= 4 is 47.3 Å². The summed E-state index contributed by atoms with van der Waals surface area (Å²) in [7, 11) is -2.76. The highest BCUT2D eigenvalue weighted by Gasteiger charge is 2.51. The summed E-state index contributed by atoms with van der Waals surface area (Å²) in [6.45, 7) is 6.89. The standard InChI is InChI=1S/C26H29ClFN5O2Si/c1-26(2,3)36(18-10-6-4-7-11-18,19-12-8-5-9-13-19)34-15-17-14-20(28)24(35-17)33-16-30-21-22(29)31-25(27)32-23(21)33/h4-13,16-17,20,24H,14-15H2,1-3H3,(H2,29,31,32)/t17-,20-,24+/m0/s1. The number of nitrogen functional groups attached to an aromatic ring is 1. The number of nitrogens with two attached hydrogens (primary N) is 1. The van der Waals surface area contributed by atoms with Gasteiger partial charge in [-0.3, -0.25) is 4.57 Å². The second-order valence-corrected chi connectivity index (χ2v) is 14.7. The van der Waals surface area contributed by atoms with Gasteiger partial charge in [-0.25, -0.2) is 9.37 Å². The fourth-order valence-electron chi connectivity index (χ4n) is 5.13. The van der Waals surface area contributed by atoms with Crippen LogP contribution in [0.4, 0.5) is 10.2 Å². The van der Waals surface area contributed by atoms with Crippen LogP contribution in [0.2, 0.25) is 10.3 Å². The van der Waals surface area contributed by atoms with Crippen molar-refractivity contribution < 1.29 is 13.6 Å². The van der Waals surface area contributed by atoms with E-state index in [2.05, 4.69) is 60.0 Å². The van der Waals surface area contributed by atoms with Crippen LogP contribution in [-0.2, 0) is 9.16 Å². The fourth-order valence-corrected chi connectivity index (χ4v) is 9.89. The highest BCUT2D eigenvalue weighted by atomic mass is 35.5. The Kier molecular flexibility index (Phi) is 6.59. The van der Waals surface area contributed by atoms with Gasteiger partial charge in [0.05, 0.1) is 19.0 Å². The summed E-state index contributed by atoms with van der Waals surface area (Å²) in [5.74, 6) is 0.142. The van der Waals surface area contributed by atoms with Gasteiger partial charge in [0.2, 0.25) is 5.28 Å². The summed E-state index contributed by atoms with van der Waals surface area (Å²) in [6, 6.07) is 20.7. The normalized spacial score (nSPS) is 20.8. The van der Waals surface area contributed by atoms with Gasteiger partial charge in [0.15, 0.2) is 17.7 Å². The molecule has 1 saturated heterocycles. The Morgan fingerprint density at radius 2 is 1.69 bits per heavy atom. The molecular weight excluding hydrogens is 497 g/mol. The fraction of sp³-hybridized carbons (Fsp3) is 0.346. The van der Waals surface area contributed by atoms with Crippen LogP contribution in [0.15, 0.2) is 67.0 Å². The number of anilines is 1. The van der Waals surface area contributed by atoms with E-state index in [0.717, 1.165) is 10.4 Å². The predicted octanol–water partition coefficient (Wildman–Crippen LogP) is 4.26. The summed E-state index contributed by atoms with van der Waals surface area (Å²) in [6.07, 6.45) is -0.970. The van der Waals surface area contributed by atoms with Gasteiger partial charge in [-0.15, -0.1) is 0 Å². The van der Waals surface area contributed by atoms with E-state index in [4.69, 9.17) is 26.5 Å². The number of hydrogen-bond acceptors (Lipinski definition) is 6.